The van der Waals surface area contributed by atoms with Crippen molar-refractivity contribution in [3.05, 3.63) is 30.1 Å². The Labute approximate surface area is 148 Å². The summed E-state index contributed by atoms with van der Waals surface area (Å²) in [7, 11) is 1.97. The topological polar surface area (TPSA) is 85.0 Å². The van der Waals surface area contributed by atoms with E-state index in [-0.39, 0.29) is 0 Å². The van der Waals surface area contributed by atoms with E-state index in [2.05, 4.69) is 25.9 Å². The van der Waals surface area contributed by atoms with Crippen LogP contribution in [0, 0.1) is 6.92 Å². The predicted octanol–water partition coefficient (Wildman–Crippen LogP) is 1.39. The molecule has 1 saturated carbocycles. The van der Waals surface area contributed by atoms with Crippen LogP contribution in [-0.4, -0.2) is 43.1 Å². The molecule has 0 spiro atoms. The van der Waals surface area contributed by atoms with Crippen LogP contribution in [0.5, 0.6) is 0 Å². The molecule has 2 heterocycles. The van der Waals surface area contributed by atoms with Gasteiger partial charge in [0.2, 0.25) is 0 Å². The molecule has 0 aromatic carbocycles. The summed E-state index contributed by atoms with van der Waals surface area (Å²) < 4.78 is 3.93. The second kappa shape index (κ2) is 8.64. The van der Waals surface area contributed by atoms with Crippen LogP contribution in [0.4, 0.5) is 0 Å². The highest BCUT2D eigenvalue weighted by Crippen LogP contribution is 2.17. The highest BCUT2D eigenvalue weighted by Gasteiger charge is 2.16. The van der Waals surface area contributed by atoms with Crippen LogP contribution >= 0.6 is 0 Å². The van der Waals surface area contributed by atoms with Crippen molar-refractivity contribution in [3.63, 3.8) is 0 Å². The molecule has 8 heteroatoms. The summed E-state index contributed by atoms with van der Waals surface area (Å²) in [4.78, 5) is 4.71. The Hall–Kier alpha value is -2.38. The van der Waals surface area contributed by atoms with E-state index in [1.807, 2.05) is 41.7 Å². The maximum absolute atomic E-state index is 4.71. The number of hydrogen-bond donors (Lipinski definition) is 2. The average molecular weight is 344 g/mol. The van der Waals surface area contributed by atoms with Gasteiger partial charge in [0, 0.05) is 38.6 Å². The van der Waals surface area contributed by atoms with Gasteiger partial charge >= 0.3 is 0 Å². The molecule has 8 nitrogen and oxygen atoms in total. The molecule has 1 aliphatic rings. The van der Waals surface area contributed by atoms with E-state index in [1.54, 1.807) is 0 Å². The molecule has 136 valence electrons. The minimum Gasteiger partial charge on any atom is -0.356 e. The molecule has 0 radical (unpaired) electrons. The minimum atomic E-state index is 0.526. The lowest BCUT2D eigenvalue weighted by atomic mass is 10.2. The number of nitrogens with one attached hydrogen (secondary N) is 2. The molecular formula is C17H28N8. The van der Waals surface area contributed by atoms with Gasteiger partial charge in [-0.2, -0.15) is 5.10 Å². The van der Waals surface area contributed by atoms with Gasteiger partial charge < -0.3 is 15.2 Å². The van der Waals surface area contributed by atoms with Crippen LogP contribution in [0.3, 0.4) is 0 Å². The van der Waals surface area contributed by atoms with Gasteiger partial charge in [-0.3, -0.25) is 4.68 Å². The van der Waals surface area contributed by atoms with E-state index >= 15 is 0 Å². The van der Waals surface area contributed by atoms with Crippen molar-refractivity contribution in [3.8, 4) is 0 Å². The maximum Gasteiger partial charge on any atom is 0.191 e. The van der Waals surface area contributed by atoms with Crippen molar-refractivity contribution in [1.29, 1.82) is 0 Å². The van der Waals surface area contributed by atoms with Crippen molar-refractivity contribution in [2.75, 3.05) is 6.54 Å². The monoisotopic (exact) mass is 344 g/mol. The summed E-state index contributed by atoms with van der Waals surface area (Å²) in [5.74, 6) is 2.65. The highest BCUT2D eigenvalue weighted by atomic mass is 15.3. The molecule has 1 fully saturated rings. The zero-order chi connectivity index (χ0) is 17.5. The highest BCUT2D eigenvalue weighted by molar-refractivity contribution is 5.80. The molecule has 3 rings (SSSR count). The standard InChI is InChI=1S/C17H28N8/c1-14-22-23-16(24(14)2)13-19-17(21-15-7-3-4-8-15)18-9-5-11-25-12-6-10-20-25/h6,10,12,15H,3-5,7-9,11,13H2,1-2H3,(H2,18,19,21). The van der Waals surface area contributed by atoms with E-state index in [9.17, 15) is 0 Å². The number of guanidine groups is 1. The summed E-state index contributed by atoms with van der Waals surface area (Å²) in [6.07, 6.45) is 9.83. The zero-order valence-corrected chi connectivity index (χ0v) is 15.1. The maximum atomic E-state index is 4.71. The lowest BCUT2D eigenvalue weighted by Gasteiger charge is -2.17. The summed E-state index contributed by atoms with van der Waals surface area (Å²) in [5.41, 5.74) is 0. The summed E-state index contributed by atoms with van der Waals surface area (Å²) in [6.45, 7) is 4.24. The fourth-order valence-electron chi connectivity index (χ4n) is 3.04. The molecule has 2 N–H and O–H groups in total. The first-order valence-corrected chi connectivity index (χ1v) is 9.09. The molecular weight excluding hydrogens is 316 g/mol. The molecule has 0 amide bonds. The Kier molecular flexibility index (Phi) is 6.03. The van der Waals surface area contributed by atoms with Gasteiger partial charge in [-0.1, -0.05) is 12.8 Å². The van der Waals surface area contributed by atoms with Crippen molar-refractivity contribution >= 4 is 5.96 Å². The summed E-state index contributed by atoms with van der Waals surface area (Å²) in [5, 5.41) is 19.5. The number of hydrogen-bond acceptors (Lipinski definition) is 4. The molecule has 2 aromatic rings. The number of aryl methyl sites for hydroxylation is 2. The normalized spacial score (nSPS) is 15.7. The van der Waals surface area contributed by atoms with Crippen LogP contribution in [0.2, 0.25) is 0 Å². The Bertz CT molecular complexity index is 667. The lowest BCUT2D eigenvalue weighted by Crippen LogP contribution is -2.43. The smallest absolute Gasteiger partial charge is 0.191 e. The van der Waals surface area contributed by atoms with Gasteiger partial charge in [0.1, 0.15) is 12.4 Å². The Morgan fingerprint density at radius 1 is 1.32 bits per heavy atom. The first-order valence-electron chi connectivity index (χ1n) is 9.09. The zero-order valence-electron chi connectivity index (χ0n) is 15.1. The first kappa shape index (κ1) is 17.4. The Morgan fingerprint density at radius 3 is 2.84 bits per heavy atom. The van der Waals surface area contributed by atoms with Crippen LogP contribution < -0.4 is 10.6 Å². The van der Waals surface area contributed by atoms with Crippen LogP contribution in [0.25, 0.3) is 0 Å². The van der Waals surface area contributed by atoms with Crippen molar-refractivity contribution in [2.24, 2.45) is 12.0 Å². The molecule has 25 heavy (non-hydrogen) atoms. The lowest BCUT2D eigenvalue weighted by molar-refractivity contribution is 0.561. The number of nitrogens with zero attached hydrogens (tertiary/aromatic N) is 6. The number of rotatable bonds is 7. The van der Waals surface area contributed by atoms with Gasteiger partial charge in [0.25, 0.3) is 0 Å². The molecule has 0 aliphatic heterocycles. The van der Waals surface area contributed by atoms with E-state index < -0.39 is 0 Å². The number of aromatic nitrogens is 5. The molecule has 0 saturated heterocycles. The number of aliphatic imine (C=N–C) groups is 1. The summed E-state index contributed by atoms with van der Waals surface area (Å²) >= 11 is 0. The Morgan fingerprint density at radius 2 is 2.16 bits per heavy atom. The fraction of sp³-hybridized carbons (Fsp3) is 0.647. The third-order valence-corrected chi connectivity index (χ3v) is 4.67. The van der Waals surface area contributed by atoms with Gasteiger partial charge in [-0.25, -0.2) is 4.99 Å². The second-order valence-corrected chi connectivity index (χ2v) is 6.56. The Balaban J connectivity index is 1.53. The fourth-order valence-corrected chi connectivity index (χ4v) is 3.04. The predicted molar refractivity (Wildman–Crippen MR) is 97.1 cm³/mol. The van der Waals surface area contributed by atoms with Gasteiger partial charge in [-0.05, 0) is 32.3 Å². The van der Waals surface area contributed by atoms with Crippen LogP contribution in [0.15, 0.2) is 23.5 Å². The average Bonchev–Trinajstić information content (AvgIpc) is 3.35. The third kappa shape index (κ3) is 5.04. The molecule has 1 aliphatic carbocycles. The van der Waals surface area contributed by atoms with Crippen molar-refractivity contribution in [2.45, 2.75) is 58.2 Å². The van der Waals surface area contributed by atoms with Crippen molar-refractivity contribution < 1.29 is 0 Å². The van der Waals surface area contributed by atoms with E-state index in [0.717, 1.165) is 37.1 Å². The largest absolute Gasteiger partial charge is 0.356 e. The SMILES string of the molecule is Cc1nnc(CN=C(NCCCn2cccn2)NC2CCCC2)n1C. The molecule has 0 atom stereocenters. The van der Waals surface area contributed by atoms with Crippen LogP contribution in [0.1, 0.15) is 43.8 Å². The quantitative estimate of drug-likeness (QED) is 0.450. The van der Waals surface area contributed by atoms with Gasteiger partial charge in [0.05, 0.1) is 0 Å². The minimum absolute atomic E-state index is 0.526. The molecule has 2 aromatic heterocycles. The second-order valence-electron chi connectivity index (χ2n) is 6.56. The van der Waals surface area contributed by atoms with Gasteiger partial charge in [-0.15, -0.1) is 10.2 Å². The van der Waals surface area contributed by atoms with E-state index in [1.165, 1.54) is 25.7 Å². The molecule has 0 bridgehead atoms. The third-order valence-electron chi connectivity index (χ3n) is 4.67. The first-order chi connectivity index (χ1) is 12.2. The van der Waals surface area contributed by atoms with E-state index in [0.29, 0.717) is 12.6 Å². The van der Waals surface area contributed by atoms with Crippen molar-refractivity contribution in [1.82, 2.24) is 35.2 Å². The van der Waals surface area contributed by atoms with E-state index in [4.69, 9.17) is 4.99 Å². The molecule has 0 unspecified atom stereocenters. The van der Waals surface area contributed by atoms with Crippen LogP contribution in [-0.2, 0) is 20.1 Å². The summed E-state index contributed by atoms with van der Waals surface area (Å²) in [6, 6.07) is 2.48. The van der Waals surface area contributed by atoms with Gasteiger partial charge in [0.15, 0.2) is 11.8 Å².